The largest absolute Gasteiger partial charge is 0.399 e. The zero-order valence-corrected chi connectivity index (χ0v) is 15.1. The number of nitrogen functional groups attached to an aromatic ring is 1. The van der Waals surface area contributed by atoms with Gasteiger partial charge in [0.15, 0.2) is 11.6 Å². The molecule has 1 aromatic rings. The number of allylic oxidation sites excluding steroid dienone is 3. The van der Waals surface area contributed by atoms with Gasteiger partial charge < -0.3 is 5.73 Å². The lowest BCUT2D eigenvalue weighted by atomic mass is 10.1. The second-order valence-electron chi connectivity index (χ2n) is 5.13. The van der Waals surface area contributed by atoms with E-state index in [9.17, 15) is 4.79 Å². The minimum atomic E-state index is -0.192. The van der Waals surface area contributed by atoms with Gasteiger partial charge in [0.05, 0.1) is 10.6 Å². The highest BCUT2D eigenvalue weighted by atomic mass is 32.2. The highest BCUT2D eigenvalue weighted by Crippen LogP contribution is 2.31. The van der Waals surface area contributed by atoms with Gasteiger partial charge in [-0.2, -0.15) is 5.10 Å². The molecule has 128 valence electrons. The SMILES string of the molecule is C=CSC(=C)C(=O)/C(C)=C1\N=CC=C(c2cccc(N)c2)N1/N=C\C. The molecule has 0 fully saturated rings. The summed E-state index contributed by atoms with van der Waals surface area (Å²) in [5.41, 5.74) is 8.66. The number of benzene rings is 1. The molecule has 0 aliphatic carbocycles. The van der Waals surface area contributed by atoms with Crippen LogP contribution in [-0.4, -0.2) is 23.2 Å². The third kappa shape index (κ3) is 4.16. The van der Waals surface area contributed by atoms with E-state index in [1.807, 2.05) is 30.3 Å². The fraction of sp³-hybridized carbons (Fsp3) is 0.105. The van der Waals surface area contributed by atoms with Gasteiger partial charge in [-0.1, -0.05) is 37.1 Å². The van der Waals surface area contributed by atoms with Crippen molar-refractivity contribution in [1.29, 1.82) is 0 Å². The molecule has 2 rings (SSSR count). The number of carbonyl (C=O) groups excluding carboxylic acids is 1. The van der Waals surface area contributed by atoms with Crippen molar-refractivity contribution in [1.82, 2.24) is 5.01 Å². The van der Waals surface area contributed by atoms with Gasteiger partial charge in [-0.3, -0.25) is 4.79 Å². The molecule has 0 aromatic heterocycles. The van der Waals surface area contributed by atoms with Crippen molar-refractivity contribution in [2.45, 2.75) is 13.8 Å². The molecule has 6 heteroatoms. The van der Waals surface area contributed by atoms with Crippen LogP contribution in [0.15, 0.2) is 75.3 Å². The number of nitrogens with zero attached hydrogens (tertiary/aromatic N) is 3. The summed E-state index contributed by atoms with van der Waals surface area (Å²) in [6.45, 7) is 10.9. The molecule has 25 heavy (non-hydrogen) atoms. The lowest BCUT2D eigenvalue weighted by molar-refractivity contribution is -0.111. The van der Waals surface area contributed by atoms with Crippen molar-refractivity contribution in [3.63, 3.8) is 0 Å². The van der Waals surface area contributed by atoms with Crippen LogP contribution in [0.5, 0.6) is 0 Å². The number of anilines is 1. The smallest absolute Gasteiger partial charge is 0.198 e. The molecule has 0 radical (unpaired) electrons. The number of carbonyl (C=O) groups is 1. The number of Topliss-reactive ketones (excluding diaryl/α,β-unsaturated/α-hetero) is 1. The van der Waals surface area contributed by atoms with Gasteiger partial charge in [0.2, 0.25) is 0 Å². The Morgan fingerprint density at radius 3 is 2.84 bits per heavy atom. The molecule has 1 aliphatic rings. The Labute approximate surface area is 152 Å². The van der Waals surface area contributed by atoms with E-state index in [0.29, 0.717) is 22.0 Å². The zero-order chi connectivity index (χ0) is 18.4. The van der Waals surface area contributed by atoms with E-state index >= 15 is 0 Å². The summed E-state index contributed by atoms with van der Waals surface area (Å²) in [5.74, 6) is 0.260. The van der Waals surface area contributed by atoms with Crippen LogP contribution in [0.1, 0.15) is 19.4 Å². The lowest BCUT2D eigenvalue weighted by Gasteiger charge is -2.26. The first-order valence-corrected chi connectivity index (χ1v) is 8.48. The average molecular weight is 352 g/mol. The second kappa shape index (κ2) is 8.30. The van der Waals surface area contributed by atoms with E-state index in [2.05, 4.69) is 23.3 Å². The molecular formula is C19H20N4OS. The van der Waals surface area contributed by atoms with Crippen molar-refractivity contribution in [3.8, 4) is 0 Å². The van der Waals surface area contributed by atoms with E-state index in [4.69, 9.17) is 5.73 Å². The molecule has 0 unspecified atom stereocenters. The quantitative estimate of drug-likeness (QED) is 0.473. The maximum absolute atomic E-state index is 12.6. The minimum absolute atomic E-state index is 0.192. The number of aliphatic imine (C=N–C) groups is 1. The number of hydrogen-bond acceptors (Lipinski definition) is 6. The van der Waals surface area contributed by atoms with Crippen molar-refractivity contribution < 1.29 is 4.79 Å². The van der Waals surface area contributed by atoms with Gasteiger partial charge in [-0.15, -0.1) is 0 Å². The molecule has 0 saturated carbocycles. The van der Waals surface area contributed by atoms with Crippen LogP contribution in [0.4, 0.5) is 5.69 Å². The molecule has 0 atom stereocenters. The van der Waals surface area contributed by atoms with E-state index in [0.717, 1.165) is 11.3 Å². The van der Waals surface area contributed by atoms with E-state index in [1.165, 1.54) is 11.8 Å². The summed E-state index contributed by atoms with van der Waals surface area (Å²) in [4.78, 5) is 17.3. The number of thioether (sulfide) groups is 1. The van der Waals surface area contributed by atoms with E-state index < -0.39 is 0 Å². The van der Waals surface area contributed by atoms with Gasteiger partial charge in [-0.25, -0.2) is 10.0 Å². The van der Waals surface area contributed by atoms with Crippen LogP contribution >= 0.6 is 11.8 Å². The second-order valence-corrected chi connectivity index (χ2v) is 6.19. The Balaban J connectivity index is 2.50. The Bertz CT molecular complexity index is 834. The van der Waals surface area contributed by atoms with Crippen LogP contribution in [0.25, 0.3) is 5.70 Å². The maximum atomic E-state index is 12.6. The van der Waals surface area contributed by atoms with Crippen molar-refractivity contribution in [2.24, 2.45) is 10.1 Å². The minimum Gasteiger partial charge on any atom is -0.399 e. The number of rotatable bonds is 6. The third-order valence-electron chi connectivity index (χ3n) is 3.43. The summed E-state index contributed by atoms with van der Waals surface area (Å²) < 4.78 is 0. The first-order valence-electron chi connectivity index (χ1n) is 7.60. The summed E-state index contributed by atoms with van der Waals surface area (Å²) in [6, 6.07) is 7.47. The number of hydrazone groups is 1. The predicted octanol–water partition coefficient (Wildman–Crippen LogP) is 4.19. The van der Waals surface area contributed by atoms with Gasteiger partial charge in [0.1, 0.15) is 0 Å². The Kier molecular flexibility index (Phi) is 6.14. The molecule has 5 nitrogen and oxygen atoms in total. The average Bonchev–Trinajstić information content (AvgIpc) is 2.61. The summed E-state index contributed by atoms with van der Waals surface area (Å²) in [6.07, 6.45) is 5.12. The van der Waals surface area contributed by atoms with Gasteiger partial charge in [0, 0.05) is 29.3 Å². The predicted molar refractivity (Wildman–Crippen MR) is 108 cm³/mol. The van der Waals surface area contributed by atoms with Gasteiger partial charge in [0.25, 0.3) is 0 Å². The maximum Gasteiger partial charge on any atom is 0.198 e. The number of nitrogens with two attached hydrogens (primary N) is 1. The molecule has 1 heterocycles. The Morgan fingerprint density at radius 1 is 1.44 bits per heavy atom. The van der Waals surface area contributed by atoms with Crippen LogP contribution < -0.4 is 5.73 Å². The van der Waals surface area contributed by atoms with Crippen LogP contribution in [-0.2, 0) is 4.79 Å². The topological polar surface area (TPSA) is 71.1 Å². The first-order chi connectivity index (χ1) is 12.0. The van der Waals surface area contributed by atoms with Crippen molar-refractivity contribution >= 4 is 41.4 Å². The third-order valence-corrected chi connectivity index (χ3v) is 4.06. The fourth-order valence-electron chi connectivity index (χ4n) is 2.29. The lowest BCUT2D eigenvalue weighted by Crippen LogP contribution is -2.21. The summed E-state index contributed by atoms with van der Waals surface area (Å²) >= 11 is 1.19. The van der Waals surface area contributed by atoms with Gasteiger partial charge in [-0.05, 0) is 37.5 Å². The van der Waals surface area contributed by atoms with Crippen molar-refractivity contribution in [3.05, 3.63) is 70.8 Å². The standard InChI is InChI=1S/C19H20N4OS/c1-5-22-23-17(15-8-7-9-16(20)12-15)10-11-21-19(23)13(3)18(24)14(4)25-6-2/h5-12H,2,4,20H2,1,3H3/b19-13+,22-5-. The fourth-order valence-corrected chi connectivity index (χ4v) is 2.75. The van der Waals surface area contributed by atoms with Crippen LogP contribution in [0, 0.1) is 0 Å². The Morgan fingerprint density at radius 2 is 2.20 bits per heavy atom. The molecule has 1 aliphatic heterocycles. The molecule has 0 saturated heterocycles. The van der Waals surface area contributed by atoms with E-state index in [-0.39, 0.29) is 5.78 Å². The summed E-state index contributed by atoms with van der Waals surface area (Å²) in [7, 11) is 0. The van der Waals surface area contributed by atoms with E-state index in [1.54, 1.807) is 36.7 Å². The molecule has 0 amide bonds. The normalized spacial score (nSPS) is 15.9. The highest BCUT2D eigenvalue weighted by molar-refractivity contribution is 8.06. The number of hydrogen-bond donors (Lipinski definition) is 1. The highest BCUT2D eigenvalue weighted by Gasteiger charge is 2.23. The molecule has 0 bridgehead atoms. The van der Waals surface area contributed by atoms with Crippen molar-refractivity contribution in [2.75, 3.05) is 5.73 Å². The molecule has 0 spiro atoms. The van der Waals surface area contributed by atoms with Gasteiger partial charge >= 0.3 is 0 Å². The summed E-state index contributed by atoms with van der Waals surface area (Å²) in [5, 5.41) is 7.58. The first kappa shape index (κ1) is 18.5. The van der Waals surface area contributed by atoms with Crippen LogP contribution in [0.2, 0.25) is 0 Å². The van der Waals surface area contributed by atoms with Crippen LogP contribution in [0.3, 0.4) is 0 Å². The Hall–Kier alpha value is -2.86. The molecule has 2 N–H and O–H groups in total. The zero-order valence-electron chi connectivity index (χ0n) is 14.3. The molecule has 1 aromatic carbocycles. The molecular weight excluding hydrogens is 332 g/mol. The number of ketones is 1. The monoisotopic (exact) mass is 352 g/mol.